The fourth-order valence-corrected chi connectivity index (χ4v) is 10.9. The Labute approximate surface area is 395 Å². The maximum Gasteiger partial charge on any atom is 0.509 e. The number of likely N-dealkylation sites (N-methyl/N-ethyl adjacent to an activating group) is 1. The predicted molar refractivity (Wildman–Crippen MR) is 242 cm³/mol. The maximum atomic E-state index is 14.4. The van der Waals surface area contributed by atoms with Crippen LogP contribution in [0.15, 0.2) is 29.8 Å². The fourth-order valence-electron chi connectivity index (χ4n) is 10.9. The molecular formula is C49H77NO17. The molecule has 5 aliphatic heterocycles. The lowest BCUT2D eigenvalue weighted by Crippen LogP contribution is -2.60. The molecule has 2 bridgehead atoms. The second-order valence-corrected chi connectivity index (χ2v) is 20.2. The maximum absolute atomic E-state index is 14.4. The quantitative estimate of drug-likeness (QED) is 0.146. The lowest BCUT2D eigenvalue weighted by atomic mass is 9.75. The van der Waals surface area contributed by atoms with E-state index in [1.165, 1.54) is 13.2 Å². The number of nitrogens with zero attached hydrogens (tertiary/aromatic N) is 1. The number of phenolic OH excluding ortho intramolecular Hbond substituents is 1. The number of aliphatic hydroxyl groups is 3. The third kappa shape index (κ3) is 11.3. The third-order valence-electron chi connectivity index (χ3n) is 15.0. The summed E-state index contributed by atoms with van der Waals surface area (Å²) in [5.41, 5.74) is -2.72. The van der Waals surface area contributed by atoms with Crippen molar-refractivity contribution < 1.29 is 82.5 Å². The van der Waals surface area contributed by atoms with E-state index in [2.05, 4.69) is 0 Å². The van der Waals surface area contributed by atoms with E-state index in [0.717, 1.165) is 0 Å². The number of aliphatic hydroxyl groups excluding tert-OH is 2. The number of hydrogen-bond acceptors (Lipinski definition) is 17. The fraction of sp³-hybridized carbons (Fsp3) is 0.776. The molecule has 5 saturated heterocycles. The van der Waals surface area contributed by atoms with E-state index >= 15 is 0 Å². The number of hydrogen-bond donors (Lipinski definition) is 5. The van der Waals surface area contributed by atoms with Crippen LogP contribution in [-0.2, 0) is 52.2 Å². The molecule has 380 valence electrons. The van der Waals surface area contributed by atoms with Gasteiger partial charge in [0.25, 0.3) is 0 Å². The largest absolute Gasteiger partial charge is 0.509 e. The molecule has 1 aromatic carbocycles. The molecular weight excluding hydrogens is 875 g/mol. The normalized spacial score (nSPS) is 43.9. The zero-order valence-electron chi connectivity index (χ0n) is 41.7. The number of ether oxygens (including phenoxy) is 9. The Balaban J connectivity index is 0.000000513. The average Bonchev–Trinajstić information content (AvgIpc) is 3.71. The van der Waals surface area contributed by atoms with Gasteiger partial charge in [0.1, 0.15) is 24.1 Å². The number of methoxy groups -OCH3 is 1. The molecule has 5 heterocycles. The highest BCUT2D eigenvalue weighted by atomic mass is 16.8. The lowest BCUT2D eigenvalue weighted by Gasteiger charge is -2.49. The summed E-state index contributed by atoms with van der Waals surface area (Å²) in [6.07, 6.45) is -6.54. The van der Waals surface area contributed by atoms with Crippen LogP contribution in [-0.4, -0.2) is 160 Å². The Morgan fingerprint density at radius 1 is 0.970 bits per heavy atom. The predicted octanol–water partition coefficient (Wildman–Crippen LogP) is 5.40. The summed E-state index contributed by atoms with van der Waals surface area (Å²) in [6.45, 7) is 19.7. The zero-order valence-corrected chi connectivity index (χ0v) is 41.7. The standard InChI is InChI=1S/C38H65NO14.C11H12O3/c1-14-25-37(10)31(51-34(43)52-37)22(6)38(44)18(2)16-36(9,53-38)30(50-33-27(40)24(39(11)12)15-19(3)46-33)20(4)28(21(5)32(42)48-25)49-26-17-35(8,45-13)29(41)23(7)47-26;1-2-9(11(13)14)6-8-4-3-5-10(12)7-8/h18-31,33,40-41,44H,14-17H2,1-13H3;3-7,12H,2H2,1H3,(H,13,14)/b;9-6+. The molecule has 5 fully saturated rings. The van der Waals surface area contributed by atoms with Gasteiger partial charge in [0, 0.05) is 37.0 Å². The van der Waals surface area contributed by atoms with Gasteiger partial charge in [-0.15, -0.1) is 0 Å². The molecule has 0 radical (unpaired) electrons. The van der Waals surface area contributed by atoms with Gasteiger partial charge in [0.05, 0.1) is 47.5 Å². The van der Waals surface area contributed by atoms with Crippen LogP contribution in [0.2, 0.25) is 0 Å². The molecule has 67 heavy (non-hydrogen) atoms. The number of carbonyl (C=O) groups excluding carboxylic acids is 2. The SMILES string of the molecule is CC/C(=C\c1cccc(O)c1)C(=O)O.CCC1OC(=O)C(C)C(OC2CC(C)(OC)C(O)C(C)O2)C(C)C(OC2OC(C)CC(N(C)C)C2O)C2(C)CC(C)C(O)(O2)C(C)C2OC(=O)OC12C. The number of phenols is 1. The molecule has 5 N–H and O–H groups in total. The van der Waals surface area contributed by atoms with Crippen LogP contribution >= 0.6 is 0 Å². The number of rotatable bonds is 10. The van der Waals surface area contributed by atoms with Crippen molar-refractivity contribution in [2.75, 3.05) is 21.2 Å². The highest BCUT2D eigenvalue weighted by molar-refractivity contribution is 5.92. The molecule has 0 aliphatic carbocycles. The van der Waals surface area contributed by atoms with E-state index in [9.17, 15) is 29.7 Å². The van der Waals surface area contributed by atoms with Crippen molar-refractivity contribution in [1.29, 1.82) is 0 Å². The molecule has 0 amide bonds. The number of benzene rings is 1. The monoisotopic (exact) mass is 952 g/mol. The number of fused-ring (bicyclic) bond motifs is 3. The Bertz CT molecular complexity index is 1920. The number of carboxylic acids is 1. The van der Waals surface area contributed by atoms with Gasteiger partial charge in [-0.3, -0.25) is 4.79 Å². The van der Waals surface area contributed by atoms with Crippen molar-refractivity contribution in [3.8, 4) is 5.75 Å². The van der Waals surface area contributed by atoms with Crippen molar-refractivity contribution in [3.05, 3.63) is 35.4 Å². The molecule has 18 heteroatoms. The van der Waals surface area contributed by atoms with E-state index in [4.69, 9.17) is 52.8 Å². The summed E-state index contributed by atoms with van der Waals surface area (Å²) in [5.74, 6) is -6.29. The van der Waals surface area contributed by atoms with Crippen molar-refractivity contribution in [1.82, 2.24) is 4.90 Å². The van der Waals surface area contributed by atoms with Gasteiger partial charge in [-0.25, -0.2) is 9.59 Å². The minimum absolute atomic E-state index is 0.139. The van der Waals surface area contributed by atoms with E-state index in [1.807, 2.05) is 53.6 Å². The molecule has 18 nitrogen and oxygen atoms in total. The first-order valence-electron chi connectivity index (χ1n) is 23.6. The molecule has 19 atom stereocenters. The topological polar surface area (TPSA) is 239 Å². The number of esters is 1. The van der Waals surface area contributed by atoms with Crippen molar-refractivity contribution in [2.45, 2.75) is 198 Å². The summed E-state index contributed by atoms with van der Waals surface area (Å²) in [5, 5.41) is 53.1. The van der Waals surface area contributed by atoms with Crippen molar-refractivity contribution in [3.63, 3.8) is 0 Å². The smallest absolute Gasteiger partial charge is 0.508 e. The van der Waals surface area contributed by atoms with Crippen LogP contribution in [0.1, 0.15) is 114 Å². The second-order valence-electron chi connectivity index (χ2n) is 20.2. The number of carbonyl (C=O) groups is 3. The van der Waals surface area contributed by atoms with Crippen molar-refractivity contribution >= 4 is 24.2 Å². The Morgan fingerprint density at radius 3 is 2.22 bits per heavy atom. The van der Waals surface area contributed by atoms with E-state index in [0.29, 0.717) is 24.0 Å². The van der Waals surface area contributed by atoms with Gasteiger partial charge in [-0.2, -0.15) is 0 Å². The first kappa shape index (κ1) is 54.5. The summed E-state index contributed by atoms with van der Waals surface area (Å²) in [6, 6.07) is 6.22. The lowest BCUT2D eigenvalue weighted by molar-refractivity contribution is -0.337. The Morgan fingerprint density at radius 2 is 1.64 bits per heavy atom. The van der Waals surface area contributed by atoms with Crippen LogP contribution in [0.25, 0.3) is 6.08 Å². The van der Waals surface area contributed by atoms with E-state index in [1.54, 1.807) is 65.8 Å². The van der Waals surface area contributed by atoms with Gasteiger partial charge in [-0.05, 0) is 105 Å². The highest BCUT2D eigenvalue weighted by Crippen LogP contribution is 2.53. The molecule has 19 unspecified atom stereocenters. The molecule has 0 spiro atoms. The molecule has 0 saturated carbocycles. The van der Waals surface area contributed by atoms with Crippen LogP contribution in [0.5, 0.6) is 5.75 Å². The summed E-state index contributed by atoms with van der Waals surface area (Å²) >= 11 is 0. The number of cyclic esters (lactones) is 1. The number of carboxylic acid groups (broad SMARTS) is 1. The average molecular weight is 952 g/mol. The first-order valence-corrected chi connectivity index (χ1v) is 23.6. The zero-order chi connectivity index (χ0) is 50.1. The number of aromatic hydroxyl groups is 1. The molecule has 6 rings (SSSR count). The first-order chi connectivity index (χ1) is 31.2. The van der Waals surface area contributed by atoms with Crippen LogP contribution in [0.4, 0.5) is 4.79 Å². The molecule has 5 aliphatic rings. The van der Waals surface area contributed by atoms with E-state index < -0.39 is 120 Å². The summed E-state index contributed by atoms with van der Waals surface area (Å²) in [4.78, 5) is 39.8. The minimum Gasteiger partial charge on any atom is -0.508 e. The Kier molecular flexibility index (Phi) is 17.3. The van der Waals surface area contributed by atoms with Gasteiger partial charge in [0.2, 0.25) is 0 Å². The van der Waals surface area contributed by atoms with Gasteiger partial charge >= 0.3 is 18.1 Å². The van der Waals surface area contributed by atoms with E-state index in [-0.39, 0.29) is 37.2 Å². The summed E-state index contributed by atoms with van der Waals surface area (Å²) < 4.78 is 56.5. The number of aliphatic carboxylic acids is 1. The summed E-state index contributed by atoms with van der Waals surface area (Å²) in [7, 11) is 5.29. The third-order valence-corrected chi connectivity index (χ3v) is 15.0. The molecule has 1 aromatic rings. The second kappa shape index (κ2) is 21.3. The van der Waals surface area contributed by atoms with Gasteiger partial charge < -0.3 is 73.1 Å². The van der Waals surface area contributed by atoms with Crippen LogP contribution < -0.4 is 0 Å². The highest BCUT2D eigenvalue weighted by Gasteiger charge is 2.67. The minimum atomic E-state index is -1.86. The van der Waals surface area contributed by atoms with Crippen LogP contribution in [0, 0.1) is 23.7 Å². The molecule has 0 aromatic heterocycles. The van der Waals surface area contributed by atoms with Crippen molar-refractivity contribution in [2.24, 2.45) is 23.7 Å². The van der Waals surface area contributed by atoms with Gasteiger partial charge in [0.15, 0.2) is 30.1 Å². The van der Waals surface area contributed by atoms with Gasteiger partial charge in [-0.1, -0.05) is 46.8 Å². The Hall–Kier alpha value is -3.43. The van der Waals surface area contributed by atoms with Crippen LogP contribution in [0.3, 0.4) is 0 Å².